The van der Waals surface area contributed by atoms with Crippen LogP contribution in [0.3, 0.4) is 0 Å². The maximum Gasteiger partial charge on any atom is 0.308 e. The van der Waals surface area contributed by atoms with Crippen molar-refractivity contribution in [3.05, 3.63) is 34.9 Å². The van der Waals surface area contributed by atoms with Gasteiger partial charge in [-0.15, -0.1) is 0 Å². The van der Waals surface area contributed by atoms with Gasteiger partial charge in [-0.1, -0.05) is 32.0 Å². The van der Waals surface area contributed by atoms with E-state index in [0.29, 0.717) is 0 Å². The third-order valence-corrected chi connectivity index (χ3v) is 2.71. The summed E-state index contributed by atoms with van der Waals surface area (Å²) < 4.78 is 5.42. The third kappa shape index (κ3) is 2.84. The van der Waals surface area contributed by atoms with Gasteiger partial charge in [0.15, 0.2) is 0 Å². The van der Waals surface area contributed by atoms with Gasteiger partial charge < -0.3 is 4.74 Å². The van der Waals surface area contributed by atoms with Gasteiger partial charge in [0.1, 0.15) is 6.10 Å². The largest absolute Gasteiger partial charge is 0.458 e. The summed E-state index contributed by atoms with van der Waals surface area (Å²) in [7, 11) is 0. The van der Waals surface area contributed by atoms with Gasteiger partial charge in [0.05, 0.1) is 5.92 Å². The average Bonchev–Trinajstić information content (AvgIpc) is 2.16. The zero-order valence-electron chi connectivity index (χ0n) is 10.7. The molecule has 2 nitrogen and oxygen atoms in total. The van der Waals surface area contributed by atoms with Crippen LogP contribution in [0.4, 0.5) is 0 Å². The standard InChI is InChI=1S/C14H20O2/c1-9(2)14(15)16-12(5)13-10(3)7-6-8-11(13)4/h6-9,12H,1-5H3/t12-/m1/s1. The van der Waals surface area contributed by atoms with Crippen molar-refractivity contribution in [2.75, 3.05) is 0 Å². The fourth-order valence-corrected chi connectivity index (χ4v) is 1.84. The van der Waals surface area contributed by atoms with Crippen LogP contribution in [0.15, 0.2) is 18.2 Å². The van der Waals surface area contributed by atoms with Gasteiger partial charge in [-0.3, -0.25) is 4.79 Å². The van der Waals surface area contributed by atoms with E-state index < -0.39 is 0 Å². The minimum absolute atomic E-state index is 0.0771. The van der Waals surface area contributed by atoms with E-state index in [-0.39, 0.29) is 18.0 Å². The van der Waals surface area contributed by atoms with E-state index in [1.54, 1.807) is 0 Å². The molecule has 0 spiro atoms. The number of rotatable bonds is 3. The van der Waals surface area contributed by atoms with Crippen LogP contribution in [0, 0.1) is 19.8 Å². The summed E-state index contributed by atoms with van der Waals surface area (Å²) >= 11 is 0. The topological polar surface area (TPSA) is 26.3 Å². The molecular weight excluding hydrogens is 200 g/mol. The molecular formula is C14H20O2. The van der Waals surface area contributed by atoms with Crippen LogP contribution >= 0.6 is 0 Å². The minimum atomic E-state index is -0.170. The molecule has 0 radical (unpaired) electrons. The van der Waals surface area contributed by atoms with Crippen molar-refractivity contribution in [1.29, 1.82) is 0 Å². The number of carbonyl (C=O) groups is 1. The van der Waals surface area contributed by atoms with Crippen LogP contribution in [0.2, 0.25) is 0 Å². The third-order valence-electron chi connectivity index (χ3n) is 2.71. The zero-order chi connectivity index (χ0) is 12.3. The molecule has 0 heterocycles. The molecule has 1 rings (SSSR count). The number of carbonyl (C=O) groups excluding carboxylic acids is 1. The summed E-state index contributed by atoms with van der Waals surface area (Å²) in [6, 6.07) is 6.11. The molecule has 1 atom stereocenters. The number of hydrogen-bond acceptors (Lipinski definition) is 2. The maximum atomic E-state index is 11.5. The predicted molar refractivity (Wildman–Crippen MR) is 65.3 cm³/mol. The Morgan fingerprint density at radius 2 is 1.62 bits per heavy atom. The number of benzene rings is 1. The summed E-state index contributed by atoms with van der Waals surface area (Å²) in [5, 5.41) is 0. The Balaban J connectivity index is 2.88. The Hall–Kier alpha value is -1.31. The van der Waals surface area contributed by atoms with Gasteiger partial charge in [-0.05, 0) is 37.5 Å². The highest BCUT2D eigenvalue weighted by atomic mass is 16.5. The Kier molecular flexibility index (Phi) is 4.11. The molecule has 88 valence electrons. The van der Waals surface area contributed by atoms with Crippen molar-refractivity contribution >= 4 is 5.97 Å². The van der Waals surface area contributed by atoms with Crippen LogP contribution in [0.5, 0.6) is 0 Å². The Morgan fingerprint density at radius 1 is 1.12 bits per heavy atom. The smallest absolute Gasteiger partial charge is 0.308 e. The van der Waals surface area contributed by atoms with Crippen molar-refractivity contribution in [3.8, 4) is 0 Å². The second kappa shape index (κ2) is 5.15. The van der Waals surface area contributed by atoms with Crippen molar-refractivity contribution in [2.24, 2.45) is 5.92 Å². The Labute approximate surface area is 97.6 Å². The lowest BCUT2D eigenvalue weighted by Gasteiger charge is -2.19. The van der Waals surface area contributed by atoms with Gasteiger partial charge in [-0.25, -0.2) is 0 Å². The second-order valence-corrected chi connectivity index (χ2v) is 4.54. The van der Waals surface area contributed by atoms with E-state index in [1.807, 2.05) is 52.8 Å². The molecule has 1 aromatic carbocycles. The van der Waals surface area contributed by atoms with Crippen molar-refractivity contribution < 1.29 is 9.53 Å². The molecule has 0 saturated carbocycles. The summed E-state index contributed by atoms with van der Waals surface area (Å²) in [5.41, 5.74) is 3.46. The molecule has 0 N–H and O–H groups in total. The lowest BCUT2D eigenvalue weighted by molar-refractivity contribution is -0.152. The first kappa shape index (κ1) is 12.8. The van der Waals surface area contributed by atoms with E-state index in [1.165, 1.54) is 11.1 Å². The lowest BCUT2D eigenvalue weighted by atomic mass is 9.99. The molecule has 1 aromatic rings. The van der Waals surface area contributed by atoms with Crippen LogP contribution in [-0.2, 0) is 9.53 Å². The Morgan fingerprint density at radius 3 is 2.06 bits per heavy atom. The van der Waals surface area contributed by atoms with Gasteiger partial charge in [-0.2, -0.15) is 0 Å². The lowest BCUT2D eigenvalue weighted by Crippen LogP contribution is -2.15. The van der Waals surface area contributed by atoms with E-state index in [4.69, 9.17) is 4.74 Å². The molecule has 0 unspecified atom stereocenters. The van der Waals surface area contributed by atoms with Crippen LogP contribution in [-0.4, -0.2) is 5.97 Å². The number of hydrogen-bond donors (Lipinski definition) is 0. The van der Waals surface area contributed by atoms with Crippen LogP contribution < -0.4 is 0 Å². The van der Waals surface area contributed by atoms with Crippen molar-refractivity contribution in [3.63, 3.8) is 0 Å². The fraction of sp³-hybridized carbons (Fsp3) is 0.500. The number of aryl methyl sites for hydroxylation is 2. The van der Waals surface area contributed by atoms with Crippen LogP contribution in [0.1, 0.15) is 43.6 Å². The molecule has 2 heteroatoms. The predicted octanol–water partition coefficient (Wildman–Crippen LogP) is 3.56. The highest BCUT2D eigenvalue weighted by Gasteiger charge is 2.17. The molecule has 0 fully saturated rings. The summed E-state index contributed by atoms with van der Waals surface area (Å²) in [4.78, 5) is 11.5. The first-order valence-electron chi connectivity index (χ1n) is 5.70. The number of ether oxygens (including phenoxy) is 1. The van der Waals surface area contributed by atoms with Gasteiger partial charge in [0.2, 0.25) is 0 Å². The molecule has 0 aliphatic heterocycles. The second-order valence-electron chi connectivity index (χ2n) is 4.54. The molecule has 16 heavy (non-hydrogen) atoms. The summed E-state index contributed by atoms with van der Waals surface area (Å²) in [5.74, 6) is -0.220. The van der Waals surface area contributed by atoms with E-state index >= 15 is 0 Å². The molecule has 0 bridgehead atoms. The van der Waals surface area contributed by atoms with Gasteiger partial charge in [0.25, 0.3) is 0 Å². The molecule has 0 aliphatic carbocycles. The molecule has 0 amide bonds. The molecule has 0 aliphatic rings. The normalized spacial score (nSPS) is 12.6. The van der Waals surface area contributed by atoms with E-state index in [9.17, 15) is 4.79 Å². The highest BCUT2D eigenvalue weighted by molar-refractivity contribution is 5.71. The monoisotopic (exact) mass is 220 g/mol. The summed E-state index contributed by atoms with van der Waals surface area (Å²) in [6.45, 7) is 9.71. The van der Waals surface area contributed by atoms with Crippen LogP contribution in [0.25, 0.3) is 0 Å². The average molecular weight is 220 g/mol. The summed E-state index contributed by atoms with van der Waals surface area (Å²) in [6.07, 6.45) is -0.170. The van der Waals surface area contributed by atoms with E-state index in [2.05, 4.69) is 0 Å². The maximum absolute atomic E-state index is 11.5. The fourth-order valence-electron chi connectivity index (χ4n) is 1.84. The van der Waals surface area contributed by atoms with Crippen molar-refractivity contribution in [2.45, 2.75) is 40.7 Å². The Bertz CT molecular complexity index is 360. The number of esters is 1. The molecule has 0 aromatic heterocycles. The minimum Gasteiger partial charge on any atom is -0.458 e. The highest BCUT2D eigenvalue weighted by Crippen LogP contribution is 2.25. The van der Waals surface area contributed by atoms with E-state index in [0.717, 1.165) is 5.56 Å². The molecule has 0 saturated heterocycles. The van der Waals surface area contributed by atoms with Gasteiger partial charge >= 0.3 is 5.97 Å². The SMILES string of the molecule is Cc1cccc(C)c1[C@@H](C)OC(=O)C(C)C. The first-order valence-corrected chi connectivity index (χ1v) is 5.70. The quantitative estimate of drug-likeness (QED) is 0.728. The first-order chi connectivity index (χ1) is 7.43. The van der Waals surface area contributed by atoms with Gasteiger partial charge in [0, 0.05) is 0 Å². The zero-order valence-corrected chi connectivity index (χ0v) is 10.7. The van der Waals surface area contributed by atoms with Crippen molar-refractivity contribution in [1.82, 2.24) is 0 Å².